The summed E-state index contributed by atoms with van der Waals surface area (Å²) in [5.74, 6) is -1.82. The van der Waals surface area contributed by atoms with Crippen LogP contribution in [0.3, 0.4) is 0 Å². The Kier molecular flexibility index (Phi) is 4.81. The number of benzene rings is 2. The monoisotopic (exact) mass is 392 g/mol. The van der Waals surface area contributed by atoms with E-state index in [2.05, 4.69) is 0 Å². The molecular weight excluding hydrogens is 378 g/mol. The molecule has 0 bridgehead atoms. The Bertz CT molecular complexity index is 1190. The molecule has 140 valence electrons. The lowest BCUT2D eigenvalue weighted by Crippen LogP contribution is -2.14. The first kappa shape index (κ1) is 18.7. The number of hydrogen-bond donors (Lipinski definition) is 1. The number of nitrogens with two attached hydrogens (primary N) is 1. The molecule has 0 aliphatic heterocycles. The predicted octanol–water partition coefficient (Wildman–Crippen LogP) is 2.77. The zero-order valence-electron chi connectivity index (χ0n) is 14.0. The Balaban J connectivity index is 2.18. The highest BCUT2D eigenvalue weighted by Gasteiger charge is 2.16. The van der Waals surface area contributed by atoms with E-state index in [0.29, 0.717) is 11.6 Å². The van der Waals surface area contributed by atoms with Crippen molar-refractivity contribution in [2.75, 3.05) is 0 Å². The van der Waals surface area contributed by atoms with Gasteiger partial charge in [-0.25, -0.2) is 22.3 Å². The van der Waals surface area contributed by atoms with Crippen LogP contribution < -0.4 is 15.4 Å². The summed E-state index contributed by atoms with van der Waals surface area (Å²) in [6.45, 7) is 0. The molecule has 3 rings (SSSR count). The Labute approximate surface area is 153 Å². The molecule has 0 amide bonds. The smallest absolute Gasteiger partial charge is 0.250 e. The SMILES string of the molecule is Cn1cc(-c2cc(S(N)(=O)=O)ccc2Oc2ccc(F)cc2F)ccc1=O. The molecule has 0 fully saturated rings. The third kappa shape index (κ3) is 4.04. The zero-order valence-corrected chi connectivity index (χ0v) is 14.8. The molecule has 3 aromatic rings. The molecule has 0 aliphatic carbocycles. The molecule has 0 atom stereocenters. The van der Waals surface area contributed by atoms with Gasteiger partial charge in [-0.05, 0) is 36.4 Å². The first-order valence-corrected chi connectivity index (χ1v) is 9.16. The lowest BCUT2D eigenvalue weighted by molar-refractivity contribution is 0.438. The average molecular weight is 392 g/mol. The summed E-state index contributed by atoms with van der Waals surface area (Å²) < 4.78 is 57.2. The van der Waals surface area contributed by atoms with Crippen LogP contribution in [0.4, 0.5) is 8.78 Å². The minimum absolute atomic E-state index is 0.103. The number of hydrogen-bond acceptors (Lipinski definition) is 4. The number of nitrogens with zero attached hydrogens (tertiary/aromatic N) is 1. The van der Waals surface area contributed by atoms with Crippen LogP contribution in [0.5, 0.6) is 11.5 Å². The van der Waals surface area contributed by atoms with Gasteiger partial charge in [0.1, 0.15) is 11.6 Å². The summed E-state index contributed by atoms with van der Waals surface area (Å²) in [5.41, 5.74) is 0.439. The number of sulfonamides is 1. The van der Waals surface area contributed by atoms with Crippen molar-refractivity contribution in [2.45, 2.75) is 4.90 Å². The molecule has 0 radical (unpaired) electrons. The van der Waals surface area contributed by atoms with Crippen LogP contribution in [0.25, 0.3) is 11.1 Å². The molecule has 0 saturated carbocycles. The van der Waals surface area contributed by atoms with Gasteiger partial charge < -0.3 is 9.30 Å². The largest absolute Gasteiger partial charge is 0.454 e. The predicted molar refractivity (Wildman–Crippen MR) is 94.9 cm³/mol. The number of rotatable bonds is 4. The van der Waals surface area contributed by atoms with E-state index < -0.39 is 21.7 Å². The second-order valence-electron chi connectivity index (χ2n) is 5.75. The van der Waals surface area contributed by atoms with E-state index in [4.69, 9.17) is 9.88 Å². The van der Waals surface area contributed by atoms with Gasteiger partial charge >= 0.3 is 0 Å². The van der Waals surface area contributed by atoms with E-state index >= 15 is 0 Å². The Morgan fingerprint density at radius 3 is 2.33 bits per heavy atom. The fourth-order valence-corrected chi connectivity index (χ4v) is 2.97. The summed E-state index contributed by atoms with van der Waals surface area (Å²) in [6.07, 6.45) is 1.47. The molecule has 0 saturated heterocycles. The minimum Gasteiger partial charge on any atom is -0.454 e. The van der Waals surface area contributed by atoms with Gasteiger partial charge in [0.25, 0.3) is 0 Å². The topological polar surface area (TPSA) is 91.4 Å². The van der Waals surface area contributed by atoms with Gasteiger partial charge in [-0.2, -0.15) is 0 Å². The second kappa shape index (κ2) is 6.93. The maximum Gasteiger partial charge on any atom is 0.250 e. The summed E-state index contributed by atoms with van der Waals surface area (Å²) in [5, 5.41) is 5.18. The third-order valence-corrected chi connectivity index (χ3v) is 4.70. The maximum atomic E-state index is 13.9. The van der Waals surface area contributed by atoms with E-state index in [-0.39, 0.29) is 27.5 Å². The Morgan fingerprint density at radius 1 is 1.00 bits per heavy atom. The maximum absolute atomic E-state index is 13.9. The summed E-state index contributed by atoms with van der Waals surface area (Å²) in [4.78, 5) is 11.4. The number of halogens is 2. The van der Waals surface area contributed by atoms with Gasteiger partial charge in [0, 0.05) is 36.5 Å². The van der Waals surface area contributed by atoms with E-state index in [0.717, 1.165) is 12.1 Å². The molecule has 0 unspecified atom stereocenters. The number of aryl methyl sites for hydroxylation is 1. The van der Waals surface area contributed by atoms with E-state index in [1.54, 1.807) is 0 Å². The van der Waals surface area contributed by atoms with Gasteiger partial charge in [0.15, 0.2) is 11.6 Å². The van der Waals surface area contributed by atoms with Crippen LogP contribution >= 0.6 is 0 Å². The fourth-order valence-electron chi connectivity index (χ4n) is 2.43. The quantitative estimate of drug-likeness (QED) is 0.739. The van der Waals surface area contributed by atoms with Gasteiger partial charge in [0.05, 0.1) is 4.90 Å². The van der Waals surface area contributed by atoms with Crippen LogP contribution in [0.1, 0.15) is 0 Å². The normalized spacial score (nSPS) is 11.4. The zero-order chi connectivity index (χ0) is 19.8. The minimum atomic E-state index is -4.00. The number of pyridine rings is 1. The molecule has 0 aliphatic rings. The molecular formula is C18H14F2N2O4S. The highest BCUT2D eigenvalue weighted by molar-refractivity contribution is 7.89. The summed E-state index contributed by atoms with van der Waals surface area (Å²) in [6, 6.07) is 9.35. The highest BCUT2D eigenvalue weighted by atomic mass is 32.2. The van der Waals surface area contributed by atoms with Crippen LogP contribution in [-0.4, -0.2) is 13.0 Å². The van der Waals surface area contributed by atoms with Gasteiger partial charge in [-0.1, -0.05) is 0 Å². The van der Waals surface area contributed by atoms with Crippen molar-refractivity contribution < 1.29 is 21.9 Å². The fraction of sp³-hybridized carbons (Fsp3) is 0.0556. The van der Waals surface area contributed by atoms with Crippen LogP contribution in [0, 0.1) is 11.6 Å². The van der Waals surface area contributed by atoms with Crippen molar-refractivity contribution in [1.82, 2.24) is 4.57 Å². The van der Waals surface area contributed by atoms with Crippen LogP contribution in [0.15, 0.2) is 64.4 Å². The second-order valence-corrected chi connectivity index (χ2v) is 7.31. The van der Waals surface area contributed by atoms with E-state index in [1.165, 1.54) is 48.1 Å². The molecule has 6 nitrogen and oxygen atoms in total. The van der Waals surface area contributed by atoms with Crippen molar-refractivity contribution in [3.05, 3.63) is 76.7 Å². The summed E-state index contributed by atoms with van der Waals surface area (Å²) >= 11 is 0. The van der Waals surface area contributed by atoms with E-state index in [9.17, 15) is 22.0 Å². The van der Waals surface area contributed by atoms with Crippen molar-refractivity contribution in [1.29, 1.82) is 0 Å². The first-order valence-electron chi connectivity index (χ1n) is 7.62. The molecule has 2 aromatic carbocycles. The third-order valence-electron chi connectivity index (χ3n) is 3.79. The number of ether oxygens (including phenoxy) is 1. The van der Waals surface area contributed by atoms with Gasteiger partial charge in [-0.3, -0.25) is 4.79 Å². The van der Waals surface area contributed by atoms with Crippen molar-refractivity contribution in [3.63, 3.8) is 0 Å². The van der Waals surface area contributed by atoms with Gasteiger partial charge in [-0.15, -0.1) is 0 Å². The molecule has 9 heteroatoms. The molecule has 1 heterocycles. The number of primary sulfonamides is 1. The number of aromatic nitrogens is 1. The lowest BCUT2D eigenvalue weighted by Gasteiger charge is -2.14. The van der Waals surface area contributed by atoms with Crippen molar-refractivity contribution in [3.8, 4) is 22.6 Å². The molecule has 0 spiro atoms. The highest BCUT2D eigenvalue weighted by Crippen LogP contribution is 2.35. The van der Waals surface area contributed by atoms with Crippen LogP contribution in [-0.2, 0) is 17.1 Å². The molecule has 1 aromatic heterocycles. The lowest BCUT2D eigenvalue weighted by atomic mass is 10.1. The standard InChI is InChI=1S/C18H14F2N2O4S/c1-22-10-11(2-7-18(22)23)14-9-13(27(21,24)25)4-6-16(14)26-17-5-3-12(19)8-15(17)20/h2-10H,1H3,(H2,21,24,25). The molecule has 27 heavy (non-hydrogen) atoms. The Morgan fingerprint density at radius 2 is 1.70 bits per heavy atom. The summed E-state index contributed by atoms with van der Waals surface area (Å²) in [7, 11) is -2.48. The average Bonchev–Trinajstić information content (AvgIpc) is 2.59. The first-order chi connectivity index (χ1) is 12.6. The van der Waals surface area contributed by atoms with Gasteiger partial charge in [0.2, 0.25) is 15.6 Å². The van der Waals surface area contributed by atoms with Crippen molar-refractivity contribution >= 4 is 10.0 Å². The van der Waals surface area contributed by atoms with Crippen molar-refractivity contribution in [2.24, 2.45) is 12.2 Å². The van der Waals surface area contributed by atoms with Crippen LogP contribution in [0.2, 0.25) is 0 Å². The molecule has 2 N–H and O–H groups in total. The van der Waals surface area contributed by atoms with E-state index in [1.807, 2.05) is 0 Å². The Hall–Kier alpha value is -3.04.